The minimum atomic E-state index is -0.637. The molecule has 86 valence electrons. The maximum absolute atomic E-state index is 10.8. The number of nitrogens with zero attached hydrogens (tertiary/aromatic N) is 1. The number of carboxylic acids is 1. The molecule has 15 heavy (non-hydrogen) atoms. The van der Waals surface area contributed by atoms with Crippen molar-refractivity contribution in [3.63, 3.8) is 0 Å². The van der Waals surface area contributed by atoms with E-state index in [1.807, 2.05) is 0 Å². The van der Waals surface area contributed by atoms with Gasteiger partial charge in [0.1, 0.15) is 0 Å². The van der Waals surface area contributed by atoms with E-state index in [-0.39, 0.29) is 5.92 Å². The second kappa shape index (κ2) is 4.94. The molecule has 0 spiro atoms. The minimum Gasteiger partial charge on any atom is -0.481 e. The molecule has 2 atom stereocenters. The lowest BCUT2D eigenvalue weighted by atomic mass is 10.1. The van der Waals surface area contributed by atoms with Crippen LogP contribution >= 0.6 is 0 Å². The van der Waals surface area contributed by atoms with Crippen molar-refractivity contribution in [3.05, 3.63) is 0 Å². The maximum atomic E-state index is 10.8. The predicted octanol–water partition coefficient (Wildman–Crippen LogP) is 0.962. The van der Waals surface area contributed by atoms with E-state index in [0.717, 1.165) is 52.0 Å². The van der Waals surface area contributed by atoms with Gasteiger partial charge in [0.15, 0.2) is 0 Å². The molecule has 2 heterocycles. The molecule has 0 aromatic heterocycles. The van der Waals surface area contributed by atoms with Crippen molar-refractivity contribution in [2.24, 2.45) is 5.92 Å². The van der Waals surface area contributed by atoms with Gasteiger partial charge in [0.2, 0.25) is 0 Å². The summed E-state index contributed by atoms with van der Waals surface area (Å²) in [7, 11) is 0. The number of hydrogen-bond donors (Lipinski definition) is 1. The summed E-state index contributed by atoms with van der Waals surface area (Å²) in [4.78, 5) is 13.2. The lowest BCUT2D eigenvalue weighted by Crippen LogP contribution is -2.34. The summed E-state index contributed by atoms with van der Waals surface area (Å²) in [6.07, 6.45) is 4.14. The van der Waals surface area contributed by atoms with Gasteiger partial charge < -0.3 is 9.84 Å². The van der Waals surface area contributed by atoms with Gasteiger partial charge in [0.05, 0.1) is 5.92 Å². The highest BCUT2D eigenvalue weighted by molar-refractivity contribution is 5.70. The molecule has 0 radical (unpaired) electrons. The van der Waals surface area contributed by atoms with Crippen LogP contribution in [0, 0.1) is 5.92 Å². The van der Waals surface area contributed by atoms with Crippen LogP contribution in [-0.4, -0.2) is 48.3 Å². The zero-order valence-electron chi connectivity index (χ0n) is 9.02. The molecule has 2 saturated heterocycles. The number of ether oxygens (including phenoxy) is 1. The molecule has 2 aliphatic rings. The number of carbonyl (C=O) groups is 1. The average molecular weight is 213 g/mol. The van der Waals surface area contributed by atoms with Crippen molar-refractivity contribution in [2.45, 2.75) is 31.7 Å². The van der Waals surface area contributed by atoms with Crippen LogP contribution in [0.2, 0.25) is 0 Å². The van der Waals surface area contributed by atoms with Gasteiger partial charge in [0, 0.05) is 25.8 Å². The highest BCUT2D eigenvalue weighted by Gasteiger charge is 2.32. The Bertz CT molecular complexity index is 224. The van der Waals surface area contributed by atoms with Crippen LogP contribution in [0.4, 0.5) is 0 Å². The Morgan fingerprint density at radius 3 is 2.87 bits per heavy atom. The number of likely N-dealkylation sites (tertiary alicyclic amines) is 1. The predicted molar refractivity (Wildman–Crippen MR) is 55.8 cm³/mol. The summed E-state index contributed by atoms with van der Waals surface area (Å²) in [6, 6.07) is 0.553. The van der Waals surface area contributed by atoms with E-state index in [0.29, 0.717) is 6.04 Å². The molecule has 0 aromatic rings. The number of hydrogen-bond acceptors (Lipinski definition) is 3. The zero-order valence-corrected chi connectivity index (χ0v) is 9.02. The molecule has 0 bridgehead atoms. The molecule has 1 N–H and O–H groups in total. The van der Waals surface area contributed by atoms with Crippen molar-refractivity contribution in [1.82, 2.24) is 4.90 Å². The van der Waals surface area contributed by atoms with Crippen molar-refractivity contribution in [2.75, 3.05) is 26.3 Å². The van der Waals surface area contributed by atoms with E-state index in [2.05, 4.69) is 4.90 Å². The second-order valence-corrected chi connectivity index (χ2v) is 4.52. The van der Waals surface area contributed by atoms with E-state index in [1.165, 1.54) is 0 Å². The van der Waals surface area contributed by atoms with Crippen LogP contribution in [0.15, 0.2) is 0 Å². The molecular formula is C11H19NO3. The Kier molecular flexibility index (Phi) is 3.59. The third kappa shape index (κ3) is 2.69. The third-order valence-electron chi connectivity index (χ3n) is 3.51. The van der Waals surface area contributed by atoms with Gasteiger partial charge in [0.25, 0.3) is 0 Å². The van der Waals surface area contributed by atoms with Crippen molar-refractivity contribution in [3.8, 4) is 0 Å². The first-order chi connectivity index (χ1) is 7.27. The monoisotopic (exact) mass is 213 g/mol. The first-order valence-corrected chi connectivity index (χ1v) is 5.82. The Morgan fingerprint density at radius 2 is 2.13 bits per heavy atom. The fraction of sp³-hybridized carbons (Fsp3) is 0.909. The lowest BCUT2D eigenvalue weighted by molar-refractivity contribution is -0.141. The Morgan fingerprint density at radius 1 is 1.27 bits per heavy atom. The van der Waals surface area contributed by atoms with Crippen molar-refractivity contribution in [1.29, 1.82) is 0 Å². The topological polar surface area (TPSA) is 49.8 Å². The smallest absolute Gasteiger partial charge is 0.307 e. The van der Waals surface area contributed by atoms with E-state index in [4.69, 9.17) is 9.84 Å². The first-order valence-electron chi connectivity index (χ1n) is 5.82. The maximum Gasteiger partial charge on any atom is 0.307 e. The van der Waals surface area contributed by atoms with Crippen LogP contribution in [0.3, 0.4) is 0 Å². The molecule has 0 aliphatic carbocycles. The SMILES string of the molecule is O=C(O)C1CCN(C2CCCOCC2)C1. The van der Waals surface area contributed by atoms with E-state index in [1.54, 1.807) is 0 Å². The van der Waals surface area contributed by atoms with Crippen LogP contribution in [0.25, 0.3) is 0 Å². The molecule has 2 rings (SSSR count). The van der Waals surface area contributed by atoms with E-state index >= 15 is 0 Å². The van der Waals surface area contributed by atoms with Crippen LogP contribution in [0.5, 0.6) is 0 Å². The van der Waals surface area contributed by atoms with Gasteiger partial charge in [-0.3, -0.25) is 9.69 Å². The normalized spacial score (nSPS) is 33.9. The van der Waals surface area contributed by atoms with Crippen molar-refractivity contribution >= 4 is 5.97 Å². The molecular weight excluding hydrogens is 194 g/mol. The molecule has 4 nitrogen and oxygen atoms in total. The van der Waals surface area contributed by atoms with Gasteiger partial charge in [-0.1, -0.05) is 0 Å². The van der Waals surface area contributed by atoms with Gasteiger partial charge in [-0.25, -0.2) is 0 Å². The molecule has 2 unspecified atom stereocenters. The van der Waals surface area contributed by atoms with Gasteiger partial charge in [-0.05, 0) is 32.2 Å². The Balaban J connectivity index is 1.86. The second-order valence-electron chi connectivity index (χ2n) is 4.52. The summed E-state index contributed by atoms with van der Waals surface area (Å²) in [5.41, 5.74) is 0. The van der Waals surface area contributed by atoms with Gasteiger partial charge in [-0.15, -0.1) is 0 Å². The zero-order chi connectivity index (χ0) is 10.7. The third-order valence-corrected chi connectivity index (χ3v) is 3.51. The fourth-order valence-corrected chi connectivity index (χ4v) is 2.57. The summed E-state index contributed by atoms with van der Waals surface area (Å²) in [5, 5.41) is 8.93. The van der Waals surface area contributed by atoms with Crippen LogP contribution in [-0.2, 0) is 9.53 Å². The van der Waals surface area contributed by atoms with Gasteiger partial charge >= 0.3 is 5.97 Å². The molecule has 0 saturated carbocycles. The molecule has 2 aliphatic heterocycles. The average Bonchev–Trinajstić information content (AvgIpc) is 2.55. The number of aliphatic carboxylic acids is 1. The van der Waals surface area contributed by atoms with Crippen LogP contribution < -0.4 is 0 Å². The summed E-state index contributed by atoms with van der Waals surface area (Å²) in [6.45, 7) is 3.38. The summed E-state index contributed by atoms with van der Waals surface area (Å²) in [5.74, 6) is -0.781. The largest absolute Gasteiger partial charge is 0.481 e. The molecule has 0 aromatic carbocycles. The molecule has 2 fully saturated rings. The molecule has 0 amide bonds. The summed E-state index contributed by atoms with van der Waals surface area (Å²) >= 11 is 0. The van der Waals surface area contributed by atoms with Crippen molar-refractivity contribution < 1.29 is 14.6 Å². The Labute approximate surface area is 90.2 Å². The standard InChI is InChI=1S/C11H19NO3/c13-11(14)9-3-5-12(8-9)10-2-1-6-15-7-4-10/h9-10H,1-8H2,(H,13,14). The molecule has 4 heteroatoms. The lowest BCUT2D eigenvalue weighted by Gasteiger charge is -2.25. The van der Waals surface area contributed by atoms with Crippen LogP contribution in [0.1, 0.15) is 25.7 Å². The minimum absolute atomic E-state index is 0.144. The number of rotatable bonds is 2. The number of carboxylic acid groups (broad SMARTS) is 1. The summed E-state index contributed by atoms with van der Waals surface area (Å²) < 4.78 is 5.42. The van der Waals surface area contributed by atoms with Gasteiger partial charge in [-0.2, -0.15) is 0 Å². The fourth-order valence-electron chi connectivity index (χ4n) is 2.57. The highest BCUT2D eigenvalue weighted by atomic mass is 16.5. The first kappa shape index (κ1) is 10.9. The van der Waals surface area contributed by atoms with E-state index < -0.39 is 5.97 Å². The highest BCUT2D eigenvalue weighted by Crippen LogP contribution is 2.23. The van der Waals surface area contributed by atoms with E-state index in [9.17, 15) is 4.79 Å². The quantitative estimate of drug-likeness (QED) is 0.742. The Hall–Kier alpha value is -0.610.